The standard InChI is InChI=1S/C10H22N2O/c1-2-9(7-11)8-12-10-3-5-13-6-4-10/h9-10,12H,2-8,11H2,1H3. The molecule has 1 aliphatic heterocycles. The maximum atomic E-state index is 5.63. The van der Waals surface area contributed by atoms with Gasteiger partial charge in [0.05, 0.1) is 0 Å². The number of nitrogens with one attached hydrogen (secondary N) is 1. The first-order chi connectivity index (χ1) is 6.36. The third kappa shape index (κ3) is 4.07. The smallest absolute Gasteiger partial charge is 0.0480 e. The molecule has 0 amide bonds. The van der Waals surface area contributed by atoms with Gasteiger partial charge in [-0.3, -0.25) is 0 Å². The number of hydrogen-bond donors (Lipinski definition) is 2. The highest BCUT2D eigenvalue weighted by Gasteiger charge is 2.14. The predicted molar refractivity (Wildman–Crippen MR) is 54.7 cm³/mol. The summed E-state index contributed by atoms with van der Waals surface area (Å²) in [7, 11) is 0. The van der Waals surface area contributed by atoms with Gasteiger partial charge in [-0.1, -0.05) is 13.3 Å². The Kier molecular flexibility index (Phi) is 5.35. The lowest BCUT2D eigenvalue weighted by Crippen LogP contribution is -2.39. The third-order valence-electron chi connectivity index (χ3n) is 2.83. The molecule has 1 saturated heterocycles. The lowest BCUT2D eigenvalue weighted by atomic mass is 10.0. The fourth-order valence-corrected chi connectivity index (χ4v) is 1.63. The zero-order valence-corrected chi connectivity index (χ0v) is 8.59. The van der Waals surface area contributed by atoms with Crippen molar-refractivity contribution in [2.75, 3.05) is 26.3 Å². The molecule has 13 heavy (non-hydrogen) atoms. The van der Waals surface area contributed by atoms with E-state index in [1.54, 1.807) is 0 Å². The predicted octanol–water partition coefficient (Wildman–Crippen LogP) is 0.740. The second kappa shape index (κ2) is 6.35. The maximum Gasteiger partial charge on any atom is 0.0480 e. The molecule has 0 spiro atoms. The minimum absolute atomic E-state index is 0.642. The van der Waals surface area contributed by atoms with Crippen LogP contribution in [0, 0.1) is 5.92 Å². The van der Waals surface area contributed by atoms with Crippen LogP contribution in [0.2, 0.25) is 0 Å². The molecular formula is C10H22N2O. The van der Waals surface area contributed by atoms with Crippen LogP contribution in [0.4, 0.5) is 0 Å². The molecule has 0 aromatic rings. The van der Waals surface area contributed by atoms with Crippen LogP contribution in [-0.2, 0) is 4.74 Å². The van der Waals surface area contributed by atoms with E-state index in [1.165, 1.54) is 6.42 Å². The third-order valence-corrected chi connectivity index (χ3v) is 2.83. The summed E-state index contributed by atoms with van der Waals surface area (Å²) in [6, 6.07) is 0.661. The van der Waals surface area contributed by atoms with Gasteiger partial charge in [-0.15, -0.1) is 0 Å². The minimum Gasteiger partial charge on any atom is -0.381 e. The maximum absolute atomic E-state index is 5.63. The summed E-state index contributed by atoms with van der Waals surface area (Å²) >= 11 is 0. The lowest BCUT2D eigenvalue weighted by molar-refractivity contribution is 0.0770. The summed E-state index contributed by atoms with van der Waals surface area (Å²) in [6.45, 7) is 5.89. The van der Waals surface area contributed by atoms with Gasteiger partial charge in [0.2, 0.25) is 0 Å². The summed E-state index contributed by atoms with van der Waals surface area (Å²) in [6.07, 6.45) is 3.48. The molecule has 0 saturated carbocycles. The number of ether oxygens (including phenoxy) is 1. The van der Waals surface area contributed by atoms with Crippen molar-refractivity contribution >= 4 is 0 Å². The zero-order chi connectivity index (χ0) is 9.52. The summed E-state index contributed by atoms with van der Waals surface area (Å²) in [5.74, 6) is 0.642. The second-order valence-electron chi connectivity index (χ2n) is 3.80. The van der Waals surface area contributed by atoms with Gasteiger partial charge in [0.25, 0.3) is 0 Å². The van der Waals surface area contributed by atoms with Crippen LogP contribution in [0.3, 0.4) is 0 Å². The Hall–Kier alpha value is -0.120. The molecule has 3 N–H and O–H groups in total. The van der Waals surface area contributed by atoms with Gasteiger partial charge in [0, 0.05) is 19.3 Å². The van der Waals surface area contributed by atoms with Crippen LogP contribution in [0.15, 0.2) is 0 Å². The van der Waals surface area contributed by atoms with Crippen LogP contribution in [-0.4, -0.2) is 32.3 Å². The van der Waals surface area contributed by atoms with Crippen molar-refractivity contribution in [3.8, 4) is 0 Å². The van der Waals surface area contributed by atoms with E-state index in [1.807, 2.05) is 0 Å². The molecule has 3 heteroatoms. The quantitative estimate of drug-likeness (QED) is 0.666. The van der Waals surface area contributed by atoms with Gasteiger partial charge in [0.1, 0.15) is 0 Å². The molecule has 1 aliphatic rings. The van der Waals surface area contributed by atoms with Gasteiger partial charge in [-0.2, -0.15) is 0 Å². The molecule has 0 aliphatic carbocycles. The van der Waals surface area contributed by atoms with Crippen molar-refractivity contribution in [2.24, 2.45) is 11.7 Å². The molecule has 3 nitrogen and oxygen atoms in total. The first kappa shape index (κ1) is 11.0. The van der Waals surface area contributed by atoms with E-state index < -0.39 is 0 Å². The van der Waals surface area contributed by atoms with E-state index in [-0.39, 0.29) is 0 Å². The van der Waals surface area contributed by atoms with E-state index in [4.69, 9.17) is 10.5 Å². The lowest BCUT2D eigenvalue weighted by Gasteiger charge is -2.25. The monoisotopic (exact) mass is 186 g/mol. The number of nitrogens with two attached hydrogens (primary N) is 1. The van der Waals surface area contributed by atoms with Crippen molar-refractivity contribution in [1.29, 1.82) is 0 Å². The first-order valence-corrected chi connectivity index (χ1v) is 5.38. The molecule has 1 rings (SSSR count). The number of hydrogen-bond acceptors (Lipinski definition) is 3. The van der Waals surface area contributed by atoms with Gasteiger partial charge < -0.3 is 15.8 Å². The summed E-state index contributed by atoms with van der Waals surface area (Å²) in [5, 5.41) is 3.56. The minimum atomic E-state index is 0.642. The van der Waals surface area contributed by atoms with Gasteiger partial charge >= 0.3 is 0 Å². The average Bonchev–Trinajstić information content (AvgIpc) is 2.21. The summed E-state index contributed by atoms with van der Waals surface area (Å²) in [4.78, 5) is 0. The normalized spacial score (nSPS) is 21.7. The van der Waals surface area contributed by atoms with Gasteiger partial charge in [-0.25, -0.2) is 0 Å². The van der Waals surface area contributed by atoms with Gasteiger partial charge in [0.15, 0.2) is 0 Å². The van der Waals surface area contributed by atoms with Crippen LogP contribution >= 0.6 is 0 Å². The van der Waals surface area contributed by atoms with Crippen molar-refractivity contribution < 1.29 is 4.74 Å². The highest BCUT2D eigenvalue weighted by molar-refractivity contribution is 4.72. The molecule has 78 valence electrons. The Morgan fingerprint density at radius 2 is 2.15 bits per heavy atom. The van der Waals surface area contributed by atoms with Crippen molar-refractivity contribution in [3.63, 3.8) is 0 Å². The molecule has 0 aromatic carbocycles. The van der Waals surface area contributed by atoms with E-state index >= 15 is 0 Å². The van der Waals surface area contributed by atoms with Crippen LogP contribution in [0.5, 0.6) is 0 Å². The largest absolute Gasteiger partial charge is 0.381 e. The highest BCUT2D eigenvalue weighted by Crippen LogP contribution is 2.07. The van der Waals surface area contributed by atoms with Crippen molar-refractivity contribution in [1.82, 2.24) is 5.32 Å². The summed E-state index contributed by atoms with van der Waals surface area (Å²) < 4.78 is 5.29. The molecule has 1 atom stereocenters. The second-order valence-corrected chi connectivity index (χ2v) is 3.80. The Labute approximate surface area is 81.0 Å². The molecule has 1 fully saturated rings. The Morgan fingerprint density at radius 3 is 2.69 bits per heavy atom. The Balaban J connectivity index is 2.09. The fraction of sp³-hybridized carbons (Fsp3) is 1.00. The van der Waals surface area contributed by atoms with Crippen LogP contribution in [0.1, 0.15) is 26.2 Å². The number of rotatable bonds is 5. The molecule has 0 bridgehead atoms. The van der Waals surface area contributed by atoms with Gasteiger partial charge in [-0.05, 0) is 31.8 Å². The Morgan fingerprint density at radius 1 is 1.46 bits per heavy atom. The van der Waals surface area contributed by atoms with Crippen LogP contribution < -0.4 is 11.1 Å². The average molecular weight is 186 g/mol. The zero-order valence-electron chi connectivity index (χ0n) is 8.59. The topological polar surface area (TPSA) is 47.3 Å². The van der Waals surface area contributed by atoms with E-state index in [0.29, 0.717) is 12.0 Å². The van der Waals surface area contributed by atoms with E-state index in [2.05, 4.69) is 12.2 Å². The summed E-state index contributed by atoms with van der Waals surface area (Å²) in [5.41, 5.74) is 5.63. The van der Waals surface area contributed by atoms with E-state index in [0.717, 1.165) is 39.1 Å². The molecule has 0 radical (unpaired) electrons. The first-order valence-electron chi connectivity index (χ1n) is 5.38. The van der Waals surface area contributed by atoms with Crippen molar-refractivity contribution in [3.05, 3.63) is 0 Å². The molecule has 1 unspecified atom stereocenters. The molecule has 1 heterocycles. The van der Waals surface area contributed by atoms with Crippen LogP contribution in [0.25, 0.3) is 0 Å². The SMILES string of the molecule is CCC(CN)CNC1CCOCC1. The highest BCUT2D eigenvalue weighted by atomic mass is 16.5. The Bertz CT molecular complexity index is 120. The fourth-order valence-electron chi connectivity index (χ4n) is 1.63. The molecular weight excluding hydrogens is 164 g/mol. The van der Waals surface area contributed by atoms with E-state index in [9.17, 15) is 0 Å². The molecule has 0 aromatic heterocycles. The van der Waals surface area contributed by atoms with Crippen molar-refractivity contribution in [2.45, 2.75) is 32.2 Å².